The van der Waals surface area contributed by atoms with Gasteiger partial charge in [-0.15, -0.1) is 0 Å². The molecule has 0 spiro atoms. The molecule has 1 aliphatic heterocycles. The van der Waals surface area contributed by atoms with Crippen molar-refractivity contribution >= 4 is 60.5 Å². The summed E-state index contributed by atoms with van der Waals surface area (Å²) in [6, 6.07) is 47.9. The fourth-order valence-corrected chi connectivity index (χ4v) is 8.61. The van der Waals surface area contributed by atoms with E-state index in [-0.39, 0.29) is 5.92 Å². The molecular formula is C50H39NO2. The molecule has 0 bridgehead atoms. The summed E-state index contributed by atoms with van der Waals surface area (Å²) in [7, 11) is 0. The Morgan fingerprint density at radius 3 is 2.23 bits per heavy atom. The van der Waals surface area contributed by atoms with Crippen LogP contribution in [-0.2, 0) is 0 Å². The van der Waals surface area contributed by atoms with E-state index in [1.807, 2.05) is 12.1 Å². The van der Waals surface area contributed by atoms with E-state index in [9.17, 15) is 0 Å². The van der Waals surface area contributed by atoms with Gasteiger partial charge in [-0.25, -0.2) is 0 Å². The second kappa shape index (κ2) is 12.1. The molecule has 6 aromatic carbocycles. The van der Waals surface area contributed by atoms with E-state index in [4.69, 9.17) is 9.15 Å². The molecule has 53 heavy (non-hydrogen) atoms. The van der Waals surface area contributed by atoms with Gasteiger partial charge in [-0.2, -0.15) is 0 Å². The highest BCUT2D eigenvalue weighted by atomic mass is 16.5. The predicted octanol–water partition coefficient (Wildman–Crippen LogP) is 13.5. The van der Waals surface area contributed by atoms with Crippen LogP contribution < -0.4 is 4.74 Å². The van der Waals surface area contributed by atoms with Crippen LogP contribution in [0.1, 0.15) is 55.4 Å². The van der Waals surface area contributed by atoms with Crippen molar-refractivity contribution in [2.45, 2.75) is 38.7 Å². The topological polar surface area (TPSA) is 27.3 Å². The molecule has 0 fully saturated rings. The summed E-state index contributed by atoms with van der Waals surface area (Å²) < 4.78 is 15.2. The standard InChI is InChI=1S/C50H39NO2/c1-4-32(27-33(5-2)36-21-23-48-42(29-36)41-17-8-11-20-47(41)52-48)34-13-12-14-35(28-34)37-25-26-50(3)44(30-37)43-31-38(22-24-49(43)53-50)51-45-18-9-6-15-39(45)40-16-7-10-19-46(40)51/h5-31,44H,4H2,1-3H3/b32-27+,33-5+. The summed E-state index contributed by atoms with van der Waals surface area (Å²) in [5, 5.41) is 4.83. The van der Waals surface area contributed by atoms with Crippen LogP contribution in [-0.4, -0.2) is 10.2 Å². The molecule has 0 amide bonds. The van der Waals surface area contributed by atoms with Crippen LogP contribution in [0.4, 0.5) is 0 Å². The monoisotopic (exact) mass is 685 g/mol. The molecule has 0 saturated heterocycles. The van der Waals surface area contributed by atoms with Crippen molar-refractivity contribution in [1.29, 1.82) is 0 Å². The molecule has 2 atom stereocenters. The SMILES string of the molecule is C/C=C(\C=C(/CC)c1cccc(C2=CC3c4cc(-n5c6ccccc6c6ccccc65)ccc4OC3(C)C=C2)c1)c1ccc2oc3ccccc3c2c1. The van der Waals surface area contributed by atoms with Crippen molar-refractivity contribution in [3.8, 4) is 11.4 Å². The van der Waals surface area contributed by atoms with E-state index in [1.165, 1.54) is 60.8 Å². The number of furan rings is 1. The third kappa shape index (κ3) is 5.03. The Morgan fingerprint density at radius 2 is 1.45 bits per heavy atom. The van der Waals surface area contributed by atoms with Gasteiger partial charge in [-0.3, -0.25) is 0 Å². The minimum atomic E-state index is -0.445. The maximum Gasteiger partial charge on any atom is 0.135 e. The highest BCUT2D eigenvalue weighted by molar-refractivity contribution is 6.09. The van der Waals surface area contributed by atoms with Crippen molar-refractivity contribution in [2.24, 2.45) is 0 Å². The number of para-hydroxylation sites is 3. The van der Waals surface area contributed by atoms with Gasteiger partial charge in [-0.05, 0) is 114 Å². The van der Waals surface area contributed by atoms with E-state index in [0.717, 1.165) is 39.8 Å². The summed E-state index contributed by atoms with van der Waals surface area (Å²) in [4.78, 5) is 0. The summed E-state index contributed by atoms with van der Waals surface area (Å²) in [6.07, 6.45) is 12.4. The second-order valence-corrected chi connectivity index (χ2v) is 14.5. The number of benzene rings is 6. The molecule has 0 radical (unpaired) electrons. The Hall–Kier alpha value is -6.32. The van der Waals surface area contributed by atoms with Gasteiger partial charge >= 0.3 is 0 Å². The van der Waals surface area contributed by atoms with E-state index in [1.54, 1.807) is 0 Å². The molecule has 0 saturated carbocycles. The maximum absolute atomic E-state index is 6.69. The van der Waals surface area contributed by atoms with Crippen molar-refractivity contribution in [1.82, 2.24) is 4.57 Å². The highest BCUT2D eigenvalue weighted by Gasteiger charge is 2.43. The molecule has 10 rings (SSSR count). The average Bonchev–Trinajstić information content (AvgIpc) is 3.84. The Morgan fingerprint density at radius 1 is 0.717 bits per heavy atom. The van der Waals surface area contributed by atoms with Crippen LogP contribution in [0, 0.1) is 0 Å². The van der Waals surface area contributed by atoms with E-state index < -0.39 is 5.60 Å². The van der Waals surface area contributed by atoms with Crippen molar-refractivity contribution < 1.29 is 9.15 Å². The minimum Gasteiger partial charge on any atom is -0.482 e. The third-order valence-electron chi connectivity index (χ3n) is 11.4. The fraction of sp³-hybridized carbons (Fsp3) is 0.120. The Bertz CT molecular complexity index is 2840. The molecule has 1 aliphatic carbocycles. The first-order valence-electron chi connectivity index (χ1n) is 18.6. The predicted molar refractivity (Wildman–Crippen MR) is 222 cm³/mol. The van der Waals surface area contributed by atoms with E-state index in [2.05, 4.69) is 177 Å². The van der Waals surface area contributed by atoms with Gasteiger partial charge in [0.05, 0.1) is 11.0 Å². The number of nitrogens with zero attached hydrogens (tertiary/aromatic N) is 1. The zero-order chi connectivity index (χ0) is 35.7. The number of aromatic nitrogens is 1. The minimum absolute atomic E-state index is 0.0823. The number of fused-ring (bicyclic) bond motifs is 9. The summed E-state index contributed by atoms with van der Waals surface area (Å²) >= 11 is 0. The number of ether oxygens (including phenoxy) is 1. The number of hydrogen-bond acceptors (Lipinski definition) is 2. The summed E-state index contributed by atoms with van der Waals surface area (Å²) in [5.41, 5.74) is 13.5. The molecule has 3 heteroatoms. The number of rotatable bonds is 6. The van der Waals surface area contributed by atoms with Gasteiger partial charge in [0.2, 0.25) is 0 Å². The first kappa shape index (κ1) is 31.4. The molecule has 0 N–H and O–H groups in total. The van der Waals surface area contributed by atoms with Gasteiger partial charge < -0.3 is 13.7 Å². The highest BCUT2D eigenvalue weighted by Crippen LogP contribution is 2.50. The van der Waals surface area contributed by atoms with Crippen LogP contribution in [0.25, 0.3) is 66.2 Å². The van der Waals surface area contributed by atoms with Crippen LogP contribution in [0.2, 0.25) is 0 Å². The summed E-state index contributed by atoms with van der Waals surface area (Å²) in [5.74, 6) is 1.04. The molecule has 8 aromatic rings. The van der Waals surface area contributed by atoms with Crippen LogP contribution in [0.3, 0.4) is 0 Å². The van der Waals surface area contributed by atoms with Crippen LogP contribution in [0.15, 0.2) is 168 Å². The lowest BCUT2D eigenvalue weighted by molar-refractivity contribution is 0.155. The van der Waals surface area contributed by atoms with E-state index in [0.29, 0.717) is 0 Å². The second-order valence-electron chi connectivity index (χ2n) is 14.5. The Labute approximate surface area is 309 Å². The molecule has 3 nitrogen and oxygen atoms in total. The first-order chi connectivity index (χ1) is 26.0. The van der Waals surface area contributed by atoms with Gasteiger partial charge in [0.25, 0.3) is 0 Å². The maximum atomic E-state index is 6.69. The lowest BCUT2D eigenvalue weighted by atomic mass is 9.79. The molecule has 2 unspecified atom stereocenters. The molecule has 2 aromatic heterocycles. The number of hydrogen-bond donors (Lipinski definition) is 0. The van der Waals surface area contributed by atoms with Gasteiger partial charge in [0, 0.05) is 38.7 Å². The summed E-state index contributed by atoms with van der Waals surface area (Å²) in [6.45, 7) is 6.57. The van der Waals surface area contributed by atoms with Crippen molar-refractivity contribution in [2.75, 3.05) is 0 Å². The van der Waals surface area contributed by atoms with Crippen LogP contribution in [0.5, 0.6) is 5.75 Å². The van der Waals surface area contributed by atoms with E-state index >= 15 is 0 Å². The van der Waals surface area contributed by atoms with Crippen molar-refractivity contribution in [3.05, 3.63) is 186 Å². The average molecular weight is 686 g/mol. The van der Waals surface area contributed by atoms with Gasteiger partial charge in [0.15, 0.2) is 0 Å². The van der Waals surface area contributed by atoms with Gasteiger partial charge in [0.1, 0.15) is 22.5 Å². The zero-order valence-electron chi connectivity index (χ0n) is 30.1. The lowest BCUT2D eigenvalue weighted by Crippen LogP contribution is -2.32. The van der Waals surface area contributed by atoms with Crippen LogP contribution >= 0.6 is 0 Å². The quantitative estimate of drug-likeness (QED) is 0.163. The molecule has 2 aliphatic rings. The number of allylic oxidation sites excluding steroid dienone is 6. The molecular weight excluding hydrogens is 647 g/mol. The lowest BCUT2D eigenvalue weighted by Gasteiger charge is -2.29. The van der Waals surface area contributed by atoms with Gasteiger partial charge in [-0.1, -0.05) is 110 Å². The zero-order valence-corrected chi connectivity index (χ0v) is 30.1. The third-order valence-corrected chi connectivity index (χ3v) is 11.4. The molecule has 3 heterocycles. The Kier molecular flexibility index (Phi) is 7.19. The first-order valence-corrected chi connectivity index (χ1v) is 18.6. The largest absolute Gasteiger partial charge is 0.482 e. The smallest absolute Gasteiger partial charge is 0.135 e. The molecule has 256 valence electrons. The normalized spacial score (nSPS) is 18.5. The van der Waals surface area contributed by atoms with Crippen molar-refractivity contribution in [3.63, 3.8) is 0 Å². The fourth-order valence-electron chi connectivity index (χ4n) is 8.61. The Balaban J connectivity index is 1.01.